The third-order valence-corrected chi connectivity index (χ3v) is 4.95. The summed E-state index contributed by atoms with van der Waals surface area (Å²) in [6, 6.07) is 10.5. The summed E-state index contributed by atoms with van der Waals surface area (Å²) in [5.74, 6) is 1.64. The number of nitrogens with one attached hydrogen (secondary N) is 1. The molecule has 1 fully saturated rings. The molecular weight excluding hydrogens is 317 g/mol. The van der Waals surface area contributed by atoms with Crippen LogP contribution in [0.5, 0.6) is 5.88 Å². The molecule has 1 N–H and O–H groups in total. The van der Waals surface area contributed by atoms with Gasteiger partial charge in [0.25, 0.3) is 0 Å². The molecule has 1 aromatic heterocycles. The Labute approximate surface area is 147 Å². The molecule has 130 valence electrons. The second-order valence-corrected chi connectivity index (χ2v) is 7.29. The van der Waals surface area contributed by atoms with E-state index in [0.29, 0.717) is 6.61 Å². The number of benzene rings is 1. The second-order valence-electron chi connectivity index (χ2n) is 6.62. The molecule has 2 aromatic rings. The molecule has 4 nitrogen and oxygen atoms in total. The summed E-state index contributed by atoms with van der Waals surface area (Å²) in [4.78, 5) is 0. The van der Waals surface area contributed by atoms with E-state index < -0.39 is 0 Å². The van der Waals surface area contributed by atoms with E-state index in [0.717, 1.165) is 37.1 Å². The topological polar surface area (TPSA) is 39.1 Å². The van der Waals surface area contributed by atoms with Crippen LogP contribution < -0.4 is 15.4 Å². The molecule has 0 bridgehead atoms. The number of rotatable bonds is 8. The Morgan fingerprint density at radius 3 is 2.88 bits per heavy atom. The van der Waals surface area contributed by atoms with Crippen molar-refractivity contribution in [2.45, 2.75) is 52.3 Å². The molecule has 1 aromatic carbocycles. The quantitative estimate of drug-likeness (QED) is 0.747. The molecule has 0 amide bonds. The average Bonchev–Trinajstić information content (AvgIpc) is 3.21. The molecule has 1 aliphatic carbocycles. The lowest BCUT2D eigenvalue weighted by Crippen LogP contribution is -2.14. The minimum Gasteiger partial charge on any atom is -0.473 e. The lowest BCUT2D eigenvalue weighted by molar-refractivity contribution is 0.261. The lowest BCUT2D eigenvalue weighted by atomic mass is 10.1. The fourth-order valence-corrected chi connectivity index (χ4v) is 3.64. The predicted molar refractivity (Wildman–Crippen MR) is 102 cm³/mol. The van der Waals surface area contributed by atoms with Crippen molar-refractivity contribution in [3.8, 4) is 5.88 Å². The van der Waals surface area contributed by atoms with E-state index in [2.05, 4.69) is 56.5 Å². The molecule has 24 heavy (non-hydrogen) atoms. The largest absolute Gasteiger partial charge is 0.473 e. The van der Waals surface area contributed by atoms with Crippen LogP contribution in [0.1, 0.15) is 43.9 Å². The summed E-state index contributed by atoms with van der Waals surface area (Å²) in [5.41, 5.74) is 2.24. The highest BCUT2D eigenvalue weighted by atomic mass is 31.0. The van der Waals surface area contributed by atoms with Gasteiger partial charge in [-0.15, -0.1) is 9.24 Å². The lowest BCUT2D eigenvalue weighted by Gasteiger charge is -2.13. The van der Waals surface area contributed by atoms with Crippen molar-refractivity contribution in [2.24, 2.45) is 5.92 Å². The zero-order chi connectivity index (χ0) is 16.8. The zero-order valence-electron chi connectivity index (χ0n) is 14.5. The van der Waals surface area contributed by atoms with Crippen LogP contribution in [0.2, 0.25) is 0 Å². The van der Waals surface area contributed by atoms with Gasteiger partial charge in [-0.25, -0.2) is 4.68 Å². The Kier molecular flexibility index (Phi) is 6.28. The first-order valence-electron chi connectivity index (χ1n) is 8.99. The fraction of sp³-hybridized carbons (Fsp3) is 0.526. The molecule has 5 heteroatoms. The van der Waals surface area contributed by atoms with Gasteiger partial charge < -0.3 is 10.1 Å². The standard InChI is InChI=1S/C19H28N3OP/c1-2-20-12-17-11-19(22(21-17)13-15-6-3-4-7-15)23-14-16-8-5-9-18(24)10-16/h5,8-11,15,20H,2-4,6-7,12-14,24H2,1H3. The minimum absolute atomic E-state index is 0.583. The summed E-state index contributed by atoms with van der Waals surface area (Å²) in [5, 5.41) is 9.30. The van der Waals surface area contributed by atoms with E-state index in [1.807, 2.05) is 0 Å². The smallest absolute Gasteiger partial charge is 0.212 e. The van der Waals surface area contributed by atoms with Gasteiger partial charge in [-0.05, 0) is 42.2 Å². The third-order valence-electron chi connectivity index (χ3n) is 4.59. The van der Waals surface area contributed by atoms with Gasteiger partial charge >= 0.3 is 0 Å². The average molecular weight is 345 g/mol. The maximum absolute atomic E-state index is 6.11. The Morgan fingerprint density at radius 1 is 1.29 bits per heavy atom. The summed E-state index contributed by atoms with van der Waals surface area (Å²) in [6.07, 6.45) is 5.34. The van der Waals surface area contributed by atoms with Crippen molar-refractivity contribution in [3.63, 3.8) is 0 Å². The number of aromatic nitrogens is 2. The monoisotopic (exact) mass is 345 g/mol. The van der Waals surface area contributed by atoms with E-state index in [1.165, 1.54) is 36.6 Å². The van der Waals surface area contributed by atoms with Crippen LogP contribution in [-0.2, 0) is 19.7 Å². The van der Waals surface area contributed by atoms with Gasteiger partial charge in [0.05, 0.1) is 5.69 Å². The van der Waals surface area contributed by atoms with Gasteiger partial charge in [-0.1, -0.05) is 38.0 Å². The molecule has 1 heterocycles. The molecule has 1 saturated carbocycles. The van der Waals surface area contributed by atoms with Crippen molar-refractivity contribution in [2.75, 3.05) is 6.54 Å². The van der Waals surface area contributed by atoms with Crippen molar-refractivity contribution < 1.29 is 4.74 Å². The number of nitrogens with zero attached hydrogens (tertiary/aromatic N) is 2. The highest BCUT2D eigenvalue weighted by molar-refractivity contribution is 7.27. The molecule has 0 saturated heterocycles. The van der Waals surface area contributed by atoms with E-state index in [-0.39, 0.29) is 0 Å². The van der Waals surface area contributed by atoms with Crippen LogP contribution in [0, 0.1) is 5.92 Å². The van der Waals surface area contributed by atoms with Gasteiger partial charge in [0.1, 0.15) is 6.61 Å². The van der Waals surface area contributed by atoms with E-state index >= 15 is 0 Å². The molecule has 1 aliphatic rings. The van der Waals surface area contributed by atoms with Crippen LogP contribution in [-0.4, -0.2) is 16.3 Å². The van der Waals surface area contributed by atoms with E-state index in [9.17, 15) is 0 Å². The Morgan fingerprint density at radius 2 is 2.12 bits per heavy atom. The van der Waals surface area contributed by atoms with Crippen LogP contribution in [0.15, 0.2) is 30.3 Å². The minimum atomic E-state index is 0.583. The molecular formula is C19H28N3OP. The van der Waals surface area contributed by atoms with Crippen LogP contribution >= 0.6 is 9.24 Å². The molecule has 0 radical (unpaired) electrons. The second kappa shape index (κ2) is 8.64. The number of ether oxygens (including phenoxy) is 1. The van der Waals surface area contributed by atoms with Crippen LogP contribution in [0.4, 0.5) is 0 Å². The number of hydrogen-bond acceptors (Lipinski definition) is 3. The molecule has 0 spiro atoms. The van der Waals surface area contributed by atoms with Gasteiger partial charge in [0.15, 0.2) is 0 Å². The van der Waals surface area contributed by atoms with E-state index in [4.69, 9.17) is 9.84 Å². The van der Waals surface area contributed by atoms with Gasteiger partial charge in [0, 0.05) is 19.2 Å². The molecule has 1 atom stereocenters. The highest BCUT2D eigenvalue weighted by Gasteiger charge is 2.18. The van der Waals surface area contributed by atoms with Gasteiger partial charge in [-0.3, -0.25) is 0 Å². The maximum Gasteiger partial charge on any atom is 0.212 e. The Balaban J connectivity index is 1.69. The van der Waals surface area contributed by atoms with Gasteiger partial charge in [-0.2, -0.15) is 5.10 Å². The van der Waals surface area contributed by atoms with Crippen LogP contribution in [0.3, 0.4) is 0 Å². The summed E-state index contributed by atoms with van der Waals surface area (Å²) in [6.45, 7) is 5.42. The molecule has 3 rings (SSSR count). The molecule has 1 unspecified atom stereocenters. The SMILES string of the molecule is CCNCc1cc(OCc2cccc(P)c2)n(CC2CCCC2)n1. The first-order valence-corrected chi connectivity index (χ1v) is 9.57. The normalized spacial score (nSPS) is 15.1. The first kappa shape index (κ1) is 17.4. The van der Waals surface area contributed by atoms with Crippen molar-refractivity contribution in [1.29, 1.82) is 0 Å². The summed E-state index contributed by atoms with van der Waals surface area (Å²) >= 11 is 0. The summed E-state index contributed by atoms with van der Waals surface area (Å²) in [7, 11) is 2.74. The number of hydrogen-bond donors (Lipinski definition) is 1. The Hall–Kier alpha value is -1.38. The zero-order valence-corrected chi connectivity index (χ0v) is 15.7. The summed E-state index contributed by atoms with van der Waals surface area (Å²) < 4.78 is 8.19. The predicted octanol–water partition coefficient (Wildman–Crippen LogP) is 3.26. The Bertz CT molecular complexity index is 650. The highest BCUT2D eigenvalue weighted by Crippen LogP contribution is 2.28. The maximum atomic E-state index is 6.11. The van der Waals surface area contributed by atoms with E-state index in [1.54, 1.807) is 0 Å². The van der Waals surface area contributed by atoms with Crippen molar-refractivity contribution in [3.05, 3.63) is 41.6 Å². The fourth-order valence-electron chi connectivity index (χ4n) is 3.31. The molecule has 0 aliphatic heterocycles. The first-order chi connectivity index (χ1) is 11.7. The van der Waals surface area contributed by atoms with Crippen molar-refractivity contribution >= 4 is 14.5 Å². The van der Waals surface area contributed by atoms with Crippen LogP contribution in [0.25, 0.3) is 0 Å². The third kappa shape index (κ3) is 4.81. The van der Waals surface area contributed by atoms with Gasteiger partial charge in [0.2, 0.25) is 5.88 Å². The van der Waals surface area contributed by atoms with Crippen molar-refractivity contribution in [1.82, 2.24) is 15.1 Å².